The van der Waals surface area contributed by atoms with Gasteiger partial charge in [0.15, 0.2) is 0 Å². The quantitative estimate of drug-likeness (QED) is 0.470. The van der Waals surface area contributed by atoms with E-state index in [-0.39, 0.29) is 0 Å². The van der Waals surface area contributed by atoms with Gasteiger partial charge in [-0.3, -0.25) is 4.99 Å². The van der Waals surface area contributed by atoms with Gasteiger partial charge in [-0.05, 0) is 12.8 Å². The van der Waals surface area contributed by atoms with Crippen LogP contribution in [0.25, 0.3) is 0 Å². The molecule has 2 unspecified atom stereocenters. The molecule has 0 radical (unpaired) electrons. The van der Waals surface area contributed by atoms with Crippen LogP contribution in [0.5, 0.6) is 0 Å². The first-order chi connectivity index (χ1) is 5.20. The summed E-state index contributed by atoms with van der Waals surface area (Å²) in [6, 6.07) is 0. The Bertz CT molecular complexity index is 211. The largest absolute Gasteiger partial charge is 0.269 e. The summed E-state index contributed by atoms with van der Waals surface area (Å²) in [4.78, 5) is 4.17. The van der Waals surface area contributed by atoms with E-state index in [9.17, 15) is 0 Å². The van der Waals surface area contributed by atoms with E-state index in [2.05, 4.69) is 37.9 Å². The molecule has 0 N–H and O–H groups in total. The summed E-state index contributed by atoms with van der Waals surface area (Å²) in [6.45, 7) is 6.50. The number of rotatable bonds is 0. The molecule has 0 aromatic heterocycles. The minimum atomic E-state index is 0.488. The van der Waals surface area contributed by atoms with Gasteiger partial charge in [0.05, 0.1) is 0 Å². The van der Waals surface area contributed by atoms with Gasteiger partial charge in [0, 0.05) is 18.3 Å². The van der Waals surface area contributed by atoms with E-state index in [1.54, 1.807) is 0 Å². The highest BCUT2D eigenvalue weighted by Gasteiger charge is 2.03. The summed E-state index contributed by atoms with van der Waals surface area (Å²) < 4.78 is 0. The van der Waals surface area contributed by atoms with Crippen LogP contribution < -0.4 is 0 Å². The second kappa shape index (κ2) is 3.51. The molecule has 1 nitrogen and oxygen atoms in total. The first-order valence-corrected chi connectivity index (χ1v) is 4.08. The molecule has 11 heavy (non-hydrogen) atoms. The Morgan fingerprint density at radius 2 is 2.09 bits per heavy atom. The van der Waals surface area contributed by atoms with Crippen molar-refractivity contribution < 1.29 is 0 Å². The Kier molecular flexibility index (Phi) is 2.64. The van der Waals surface area contributed by atoms with Crippen LogP contribution in [0.4, 0.5) is 0 Å². The monoisotopic (exact) mass is 149 g/mol. The summed E-state index contributed by atoms with van der Waals surface area (Å²) >= 11 is 0. The SMILES string of the molecule is C/C1=C/C(C)/C=C\N=CC1C. The van der Waals surface area contributed by atoms with E-state index in [0.29, 0.717) is 11.8 Å². The molecule has 0 aromatic rings. The van der Waals surface area contributed by atoms with Gasteiger partial charge >= 0.3 is 0 Å². The van der Waals surface area contributed by atoms with Crippen LogP contribution in [0.2, 0.25) is 0 Å². The lowest BCUT2D eigenvalue weighted by Gasteiger charge is -2.09. The number of aliphatic imine (C=N–C) groups is 1. The topological polar surface area (TPSA) is 12.4 Å². The van der Waals surface area contributed by atoms with Crippen molar-refractivity contribution in [3.05, 3.63) is 23.9 Å². The molecule has 1 heteroatoms. The second-order valence-corrected chi connectivity index (χ2v) is 3.20. The van der Waals surface area contributed by atoms with E-state index in [1.807, 2.05) is 12.4 Å². The molecule has 0 aromatic carbocycles. The van der Waals surface area contributed by atoms with Gasteiger partial charge in [-0.15, -0.1) is 0 Å². The average Bonchev–Trinajstić information content (AvgIpc) is 1.95. The van der Waals surface area contributed by atoms with Crippen LogP contribution in [0.1, 0.15) is 20.8 Å². The van der Waals surface area contributed by atoms with Gasteiger partial charge in [0.25, 0.3) is 0 Å². The molecule has 0 fully saturated rings. The second-order valence-electron chi connectivity index (χ2n) is 3.20. The molecule has 60 valence electrons. The third kappa shape index (κ3) is 2.34. The van der Waals surface area contributed by atoms with Crippen molar-refractivity contribution in [3.8, 4) is 0 Å². The van der Waals surface area contributed by atoms with Crippen LogP contribution in [-0.2, 0) is 0 Å². The maximum Gasteiger partial charge on any atom is 0.0230 e. The molecule has 0 spiro atoms. The normalized spacial score (nSPS) is 38.6. The van der Waals surface area contributed by atoms with Gasteiger partial charge in [-0.1, -0.05) is 31.6 Å². The average molecular weight is 149 g/mol. The fraction of sp³-hybridized carbons (Fsp3) is 0.500. The number of allylic oxidation sites excluding steroid dienone is 3. The fourth-order valence-electron chi connectivity index (χ4n) is 1.10. The van der Waals surface area contributed by atoms with Crippen molar-refractivity contribution in [1.82, 2.24) is 0 Å². The van der Waals surface area contributed by atoms with Crippen molar-refractivity contribution in [2.45, 2.75) is 20.8 Å². The molecule has 1 aliphatic rings. The molecule has 1 rings (SSSR count). The van der Waals surface area contributed by atoms with E-state index in [0.717, 1.165) is 0 Å². The van der Waals surface area contributed by atoms with Gasteiger partial charge in [0.1, 0.15) is 0 Å². The summed E-state index contributed by atoms with van der Waals surface area (Å²) in [5, 5.41) is 0. The molecular formula is C10H15N. The molecular weight excluding hydrogens is 134 g/mol. The van der Waals surface area contributed by atoms with Crippen LogP contribution in [0.3, 0.4) is 0 Å². The summed E-state index contributed by atoms with van der Waals surface area (Å²) in [7, 11) is 0. The van der Waals surface area contributed by atoms with Crippen molar-refractivity contribution in [3.63, 3.8) is 0 Å². The maximum atomic E-state index is 4.17. The maximum absolute atomic E-state index is 4.17. The highest BCUT2D eigenvalue weighted by molar-refractivity contribution is 5.65. The third-order valence-electron chi connectivity index (χ3n) is 2.03. The molecule has 1 aliphatic heterocycles. The zero-order valence-corrected chi connectivity index (χ0v) is 7.41. The molecule has 0 bridgehead atoms. The molecule has 0 saturated heterocycles. The standard InChI is InChI=1S/C10H15N/c1-8-4-5-11-7-10(3)9(2)6-8/h4-8,10H,1-3H3/b5-4-,9-6-,11-7?. The lowest BCUT2D eigenvalue weighted by molar-refractivity contribution is 0.852. The van der Waals surface area contributed by atoms with Gasteiger partial charge < -0.3 is 0 Å². The fourth-order valence-corrected chi connectivity index (χ4v) is 1.10. The first kappa shape index (κ1) is 8.25. The van der Waals surface area contributed by atoms with Crippen molar-refractivity contribution in [2.75, 3.05) is 0 Å². The van der Waals surface area contributed by atoms with E-state index >= 15 is 0 Å². The molecule has 1 heterocycles. The molecule has 0 amide bonds. The number of nitrogens with zero attached hydrogens (tertiary/aromatic N) is 1. The Morgan fingerprint density at radius 1 is 1.36 bits per heavy atom. The zero-order chi connectivity index (χ0) is 8.27. The Balaban J connectivity index is 2.85. The smallest absolute Gasteiger partial charge is 0.0230 e. The Labute approximate surface area is 68.5 Å². The van der Waals surface area contributed by atoms with Crippen LogP contribution in [0, 0.1) is 11.8 Å². The van der Waals surface area contributed by atoms with Crippen LogP contribution in [-0.4, -0.2) is 6.21 Å². The Morgan fingerprint density at radius 3 is 2.82 bits per heavy atom. The zero-order valence-electron chi connectivity index (χ0n) is 7.41. The third-order valence-corrected chi connectivity index (χ3v) is 2.03. The van der Waals surface area contributed by atoms with E-state index in [1.165, 1.54) is 5.57 Å². The number of hydrogen-bond acceptors (Lipinski definition) is 1. The molecule has 0 aliphatic carbocycles. The predicted octanol–water partition coefficient (Wildman–Crippen LogP) is 2.80. The molecule has 2 atom stereocenters. The van der Waals surface area contributed by atoms with E-state index < -0.39 is 0 Å². The summed E-state index contributed by atoms with van der Waals surface area (Å²) in [5.74, 6) is 1.01. The Hall–Kier alpha value is -0.850. The summed E-state index contributed by atoms with van der Waals surface area (Å²) in [6.07, 6.45) is 8.25. The predicted molar refractivity (Wildman–Crippen MR) is 49.7 cm³/mol. The van der Waals surface area contributed by atoms with Crippen molar-refractivity contribution >= 4 is 6.21 Å². The minimum absolute atomic E-state index is 0.488. The first-order valence-electron chi connectivity index (χ1n) is 4.08. The summed E-state index contributed by atoms with van der Waals surface area (Å²) in [5.41, 5.74) is 1.41. The van der Waals surface area contributed by atoms with Gasteiger partial charge in [-0.2, -0.15) is 0 Å². The van der Waals surface area contributed by atoms with Gasteiger partial charge in [-0.25, -0.2) is 0 Å². The highest BCUT2D eigenvalue weighted by Crippen LogP contribution is 2.13. The lowest BCUT2D eigenvalue weighted by atomic mass is 9.98. The van der Waals surface area contributed by atoms with Crippen LogP contribution >= 0.6 is 0 Å². The molecule has 0 saturated carbocycles. The van der Waals surface area contributed by atoms with Crippen molar-refractivity contribution in [2.24, 2.45) is 16.8 Å². The lowest BCUT2D eigenvalue weighted by Crippen LogP contribution is -2.01. The highest BCUT2D eigenvalue weighted by atomic mass is 14.7. The van der Waals surface area contributed by atoms with Crippen LogP contribution in [0.15, 0.2) is 28.9 Å². The van der Waals surface area contributed by atoms with Gasteiger partial charge in [0.2, 0.25) is 0 Å². The van der Waals surface area contributed by atoms with E-state index in [4.69, 9.17) is 0 Å². The minimum Gasteiger partial charge on any atom is -0.269 e. The van der Waals surface area contributed by atoms with Crippen molar-refractivity contribution in [1.29, 1.82) is 0 Å². The number of hydrogen-bond donors (Lipinski definition) is 0.